The third kappa shape index (κ3) is 7.14. The minimum absolute atomic E-state index is 0.0646. The van der Waals surface area contributed by atoms with E-state index in [0.717, 1.165) is 6.92 Å². The first-order valence-electron chi connectivity index (χ1n) is 12.7. The first kappa shape index (κ1) is 33.1. The molecule has 3 rings (SSSR count). The molecule has 0 aromatic heterocycles. The van der Waals surface area contributed by atoms with E-state index in [9.17, 15) is 50.8 Å². The van der Waals surface area contributed by atoms with E-state index < -0.39 is 118 Å². The van der Waals surface area contributed by atoms with E-state index in [1.807, 2.05) is 0 Å². The number of nitrogens with one attached hydrogen (secondary N) is 1. The van der Waals surface area contributed by atoms with Gasteiger partial charge in [-0.2, -0.15) is 0 Å². The summed E-state index contributed by atoms with van der Waals surface area (Å²) in [5.74, 6) is -0.673. The van der Waals surface area contributed by atoms with E-state index in [1.54, 1.807) is 0 Å². The average molecular weight is 586 g/mol. The van der Waals surface area contributed by atoms with E-state index in [0.29, 0.717) is 0 Å². The Morgan fingerprint density at radius 2 is 1.23 bits per heavy atom. The molecule has 0 aromatic carbocycles. The molecule has 15 atom stereocenters. The van der Waals surface area contributed by atoms with Crippen LogP contribution in [0.2, 0.25) is 0 Å². The van der Waals surface area contributed by atoms with Crippen LogP contribution in [0, 0.1) is 0 Å². The third-order valence-corrected chi connectivity index (χ3v) is 6.85. The lowest BCUT2D eigenvalue weighted by molar-refractivity contribution is -0.365. The molecule has 0 unspecified atom stereocenters. The van der Waals surface area contributed by atoms with E-state index >= 15 is 0 Å². The minimum atomic E-state index is -1.87. The highest BCUT2D eigenvalue weighted by atomic mass is 16.7. The summed E-state index contributed by atoms with van der Waals surface area (Å²) in [4.78, 5) is 12.1. The highest BCUT2D eigenvalue weighted by Gasteiger charge is 2.54. The van der Waals surface area contributed by atoms with Crippen molar-refractivity contribution in [3.05, 3.63) is 12.7 Å². The lowest BCUT2D eigenvalue weighted by atomic mass is 9.94. The molecule has 3 aliphatic rings. The lowest BCUT2D eigenvalue weighted by Crippen LogP contribution is -2.69. The number of hydrogen-bond acceptors (Lipinski definition) is 16. The van der Waals surface area contributed by atoms with Crippen molar-refractivity contribution in [2.24, 2.45) is 0 Å². The highest BCUT2D eigenvalue weighted by Crippen LogP contribution is 2.32. The van der Waals surface area contributed by atoms with Gasteiger partial charge in [0.25, 0.3) is 0 Å². The molecular formula is C23H39NO16. The zero-order valence-electron chi connectivity index (χ0n) is 21.7. The van der Waals surface area contributed by atoms with Crippen molar-refractivity contribution in [2.75, 3.05) is 26.4 Å². The maximum Gasteiger partial charge on any atom is 0.217 e. The summed E-state index contributed by atoms with van der Waals surface area (Å²) >= 11 is 0. The predicted octanol–water partition coefficient (Wildman–Crippen LogP) is -6.22. The van der Waals surface area contributed by atoms with Crippen LogP contribution in [0.4, 0.5) is 0 Å². The van der Waals surface area contributed by atoms with Crippen LogP contribution in [-0.2, 0) is 33.2 Å². The molecule has 0 spiro atoms. The average Bonchev–Trinajstić information content (AvgIpc) is 2.93. The van der Waals surface area contributed by atoms with Gasteiger partial charge in [-0.25, -0.2) is 0 Å². The summed E-state index contributed by atoms with van der Waals surface area (Å²) in [6, 6.07) is -1.45. The van der Waals surface area contributed by atoms with Gasteiger partial charge in [0.05, 0.1) is 26.4 Å². The zero-order chi connectivity index (χ0) is 29.7. The summed E-state index contributed by atoms with van der Waals surface area (Å²) < 4.78 is 33.3. The van der Waals surface area contributed by atoms with Crippen LogP contribution in [0.3, 0.4) is 0 Å². The van der Waals surface area contributed by atoms with Crippen molar-refractivity contribution in [1.29, 1.82) is 0 Å². The van der Waals surface area contributed by atoms with Crippen LogP contribution in [0.1, 0.15) is 6.92 Å². The summed E-state index contributed by atoms with van der Waals surface area (Å²) in [5.41, 5.74) is 0. The fourth-order valence-corrected chi connectivity index (χ4v) is 4.74. The quantitative estimate of drug-likeness (QED) is 0.101. The summed E-state index contributed by atoms with van der Waals surface area (Å²) in [5, 5.41) is 94.6. The molecule has 0 bridgehead atoms. The molecule has 3 saturated heterocycles. The minimum Gasteiger partial charge on any atom is -0.394 e. The Morgan fingerprint density at radius 3 is 1.77 bits per heavy atom. The fourth-order valence-electron chi connectivity index (χ4n) is 4.74. The number of aliphatic hydroxyl groups excluding tert-OH is 9. The number of hydrogen-bond donors (Lipinski definition) is 10. The van der Waals surface area contributed by atoms with Crippen molar-refractivity contribution < 1.29 is 79.2 Å². The van der Waals surface area contributed by atoms with Crippen molar-refractivity contribution in [2.45, 2.75) is 99.0 Å². The topological polar surface area (TPSA) is 267 Å². The highest BCUT2D eigenvalue weighted by molar-refractivity contribution is 5.73. The number of rotatable bonds is 11. The molecule has 232 valence electrons. The first-order chi connectivity index (χ1) is 19.0. The number of carbonyl (C=O) groups excluding carboxylic acids is 1. The largest absolute Gasteiger partial charge is 0.394 e. The van der Waals surface area contributed by atoms with Gasteiger partial charge < -0.3 is 79.7 Å². The molecule has 17 heteroatoms. The van der Waals surface area contributed by atoms with Gasteiger partial charge in [0.15, 0.2) is 18.9 Å². The van der Waals surface area contributed by atoms with Gasteiger partial charge in [0, 0.05) is 6.92 Å². The van der Waals surface area contributed by atoms with Gasteiger partial charge in [0.2, 0.25) is 5.91 Å². The normalized spacial score (nSPS) is 46.1. The molecule has 1 amide bonds. The second-order valence-corrected chi connectivity index (χ2v) is 9.67. The van der Waals surface area contributed by atoms with Crippen molar-refractivity contribution in [1.82, 2.24) is 5.32 Å². The van der Waals surface area contributed by atoms with Crippen LogP contribution in [0.25, 0.3) is 0 Å². The number of carbonyl (C=O) groups is 1. The van der Waals surface area contributed by atoms with Gasteiger partial charge in [-0.1, -0.05) is 6.08 Å². The molecule has 3 fully saturated rings. The molecule has 0 aliphatic carbocycles. The van der Waals surface area contributed by atoms with Crippen LogP contribution in [-0.4, -0.2) is 170 Å². The number of amides is 1. The Bertz CT molecular complexity index is 820. The van der Waals surface area contributed by atoms with Gasteiger partial charge >= 0.3 is 0 Å². The van der Waals surface area contributed by atoms with Gasteiger partial charge in [-0.15, -0.1) is 6.58 Å². The molecule has 0 aromatic rings. The van der Waals surface area contributed by atoms with Crippen LogP contribution >= 0.6 is 0 Å². The van der Waals surface area contributed by atoms with Crippen molar-refractivity contribution in [3.63, 3.8) is 0 Å². The SMILES string of the molecule is C=CCO[C@@H]1O[C@H](CO)[C@H](O)[C@H](O[C@@H]2O[C@H](CO)[C@H](O)[C@H](O[C@@H]3O[C@H](CO)[C@H](O)[C@H](O)[C@H]3O)[C@H]2NC(C)=O)[C@H]1O. The van der Waals surface area contributed by atoms with E-state index in [4.69, 9.17) is 28.4 Å². The van der Waals surface area contributed by atoms with Crippen LogP contribution in [0.15, 0.2) is 12.7 Å². The summed E-state index contributed by atoms with van der Waals surface area (Å²) in [6.07, 6.45) is -21.0. The maximum atomic E-state index is 12.1. The van der Waals surface area contributed by atoms with E-state index in [-0.39, 0.29) is 6.61 Å². The molecule has 17 nitrogen and oxygen atoms in total. The van der Waals surface area contributed by atoms with E-state index in [1.165, 1.54) is 6.08 Å². The van der Waals surface area contributed by atoms with Crippen LogP contribution in [0.5, 0.6) is 0 Å². The van der Waals surface area contributed by atoms with Gasteiger partial charge in [-0.3, -0.25) is 4.79 Å². The number of ether oxygens (including phenoxy) is 6. The zero-order valence-corrected chi connectivity index (χ0v) is 21.7. The van der Waals surface area contributed by atoms with E-state index in [2.05, 4.69) is 11.9 Å². The Kier molecular flexibility index (Phi) is 12.1. The first-order valence-corrected chi connectivity index (χ1v) is 12.7. The lowest BCUT2D eigenvalue weighted by Gasteiger charge is -2.49. The molecule has 0 radical (unpaired) electrons. The Morgan fingerprint density at radius 1 is 0.725 bits per heavy atom. The van der Waals surface area contributed by atoms with Crippen LogP contribution < -0.4 is 5.32 Å². The number of aliphatic hydroxyl groups is 9. The standard InChI is InChI=1S/C23H39NO16/c1-3-4-35-22-18(34)20(15(31)11(7-27)37-22)40-21-12(24-8(2)28)19(14(30)10(6-26)36-21)39-23-17(33)16(32)13(29)9(5-25)38-23/h3,9-23,25-27,29-34H,1,4-7H2,2H3,(H,24,28)/t9-,10-,11-,12-,13+,14+,15+,16+,17-,18-,19-,20+,21+,22-,23+/m1/s1. The molecular weight excluding hydrogens is 546 g/mol. The van der Waals surface area contributed by atoms with Gasteiger partial charge in [0.1, 0.15) is 73.2 Å². The molecule has 3 heterocycles. The Hall–Kier alpha value is -1.39. The Balaban J connectivity index is 1.91. The fraction of sp³-hybridized carbons (Fsp3) is 0.870. The molecule has 0 saturated carbocycles. The van der Waals surface area contributed by atoms with Gasteiger partial charge in [-0.05, 0) is 0 Å². The Labute approximate surface area is 229 Å². The maximum absolute atomic E-state index is 12.1. The summed E-state index contributed by atoms with van der Waals surface area (Å²) in [7, 11) is 0. The summed E-state index contributed by atoms with van der Waals surface area (Å²) in [6.45, 7) is 2.29. The smallest absolute Gasteiger partial charge is 0.217 e. The molecule has 10 N–H and O–H groups in total. The molecule has 3 aliphatic heterocycles. The monoisotopic (exact) mass is 585 g/mol. The second-order valence-electron chi connectivity index (χ2n) is 9.67. The predicted molar refractivity (Wildman–Crippen MR) is 127 cm³/mol. The second kappa shape index (κ2) is 14.7. The third-order valence-electron chi connectivity index (χ3n) is 6.85. The molecule has 40 heavy (non-hydrogen) atoms. The van der Waals surface area contributed by atoms with Crippen molar-refractivity contribution in [3.8, 4) is 0 Å². The van der Waals surface area contributed by atoms with Crippen molar-refractivity contribution >= 4 is 5.91 Å².